The highest BCUT2D eigenvalue weighted by Crippen LogP contribution is 2.29. The van der Waals surface area contributed by atoms with E-state index in [4.69, 9.17) is 26.3 Å². The van der Waals surface area contributed by atoms with Crippen LogP contribution in [0.25, 0.3) is 0 Å². The van der Waals surface area contributed by atoms with Crippen LogP contribution in [0.15, 0.2) is 36.4 Å². The van der Waals surface area contributed by atoms with Crippen molar-refractivity contribution in [3.8, 4) is 17.6 Å². The molecule has 106 valence electrons. The number of benzene rings is 2. The molecule has 0 spiro atoms. The Morgan fingerprint density at radius 2 is 2.05 bits per heavy atom. The largest absolute Gasteiger partial charge is 0.493 e. The fourth-order valence-corrected chi connectivity index (χ4v) is 2.00. The predicted molar refractivity (Wildman–Crippen MR) is 78.9 cm³/mol. The van der Waals surface area contributed by atoms with Gasteiger partial charge >= 0.3 is 0 Å². The van der Waals surface area contributed by atoms with Crippen LogP contribution in [0.1, 0.15) is 21.5 Å². The maximum absolute atomic E-state index is 10.8. The Morgan fingerprint density at radius 1 is 1.24 bits per heavy atom. The molecular weight excluding hydrogens is 290 g/mol. The summed E-state index contributed by atoms with van der Waals surface area (Å²) >= 11 is 6.09. The number of hydrogen-bond acceptors (Lipinski definition) is 4. The molecule has 0 unspecified atom stereocenters. The Labute approximate surface area is 127 Å². The quantitative estimate of drug-likeness (QED) is 0.792. The van der Waals surface area contributed by atoms with Crippen LogP contribution in [-0.2, 0) is 6.61 Å². The van der Waals surface area contributed by atoms with Crippen molar-refractivity contribution in [2.75, 3.05) is 7.11 Å². The molecule has 0 saturated carbocycles. The molecule has 5 heteroatoms. The number of methoxy groups -OCH3 is 1. The number of ether oxygens (including phenoxy) is 2. The maximum Gasteiger partial charge on any atom is 0.162 e. The first-order chi connectivity index (χ1) is 10.2. The minimum absolute atomic E-state index is 0.212. The molecule has 0 atom stereocenters. The van der Waals surface area contributed by atoms with Gasteiger partial charge in [0.15, 0.2) is 11.5 Å². The Balaban J connectivity index is 2.20. The molecule has 0 fully saturated rings. The van der Waals surface area contributed by atoms with Gasteiger partial charge in [0.2, 0.25) is 0 Å². The third-order valence-corrected chi connectivity index (χ3v) is 3.24. The third kappa shape index (κ3) is 3.53. The topological polar surface area (TPSA) is 59.3 Å². The maximum atomic E-state index is 10.8. The highest BCUT2D eigenvalue weighted by Gasteiger charge is 2.08. The van der Waals surface area contributed by atoms with Gasteiger partial charge < -0.3 is 9.47 Å². The number of carbonyl (C=O) groups is 1. The van der Waals surface area contributed by atoms with Gasteiger partial charge in [-0.05, 0) is 30.3 Å². The van der Waals surface area contributed by atoms with Gasteiger partial charge in [-0.1, -0.05) is 17.7 Å². The van der Waals surface area contributed by atoms with Gasteiger partial charge in [0.25, 0.3) is 0 Å². The highest BCUT2D eigenvalue weighted by atomic mass is 35.5. The van der Waals surface area contributed by atoms with Gasteiger partial charge in [-0.25, -0.2) is 0 Å². The number of hydrogen-bond donors (Lipinski definition) is 0. The molecule has 0 N–H and O–H groups in total. The molecular formula is C16H12ClNO3. The molecule has 2 aromatic rings. The molecule has 0 aliphatic heterocycles. The van der Waals surface area contributed by atoms with E-state index in [1.807, 2.05) is 6.07 Å². The smallest absolute Gasteiger partial charge is 0.162 e. The lowest BCUT2D eigenvalue weighted by atomic mass is 10.1. The fraction of sp³-hybridized carbons (Fsp3) is 0.125. The van der Waals surface area contributed by atoms with Crippen molar-refractivity contribution in [3.05, 3.63) is 58.1 Å². The number of nitrogens with zero attached hydrogens (tertiary/aromatic N) is 1. The van der Waals surface area contributed by atoms with E-state index in [2.05, 4.69) is 0 Å². The van der Waals surface area contributed by atoms with E-state index < -0.39 is 0 Å². The van der Waals surface area contributed by atoms with Crippen LogP contribution in [0.3, 0.4) is 0 Å². The Hall–Kier alpha value is -2.51. The monoisotopic (exact) mass is 301 g/mol. The molecule has 4 nitrogen and oxygen atoms in total. The van der Waals surface area contributed by atoms with E-state index in [-0.39, 0.29) is 6.61 Å². The van der Waals surface area contributed by atoms with E-state index in [0.717, 1.165) is 11.8 Å². The second-order valence-electron chi connectivity index (χ2n) is 4.23. The van der Waals surface area contributed by atoms with Crippen LogP contribution in [0.4, 0.5) is 0 Å². The van der Waals surface area contributed by atoms with Crippen molar-refractivity contribution in [3.63, 3.8) is 0 Å². The summed E-state index contributed by atoms with van der Waals surface area (Å²) in [6.07, 6.45) is 0.737. The second kappa shape index (κ2) is 6.78. The molecule has 2 aromatic carbocycles. The van der Waals surface area contributed by atoms with E-state index in [1.54, 1.807) is 36.4 Å². The molecule has 0 radical (unpaired) electrons. The average Bonchev–Trinajstić information content (AvgIpc) is 2.53. The molecule has 0 bridgehead atoms. The highest BCUT2D eigenvalue weighted by molar-refractivity contribution is 6.31. The first kappa shape index (κ1) is 14.9. The van der Waals surface area contributed by atoms with Crippen molar-refractivity contribution in [2.24, 2.45) is 0 Å². The van der Waals surface area contributed by atoms with Crippen molar-refractivity contribution >= 4 is 17.9 Å². The minimum Gasteiger partial charge on any atom is -0.493 e. The first-order valence-corrected chi connectivity index (χ1v) is 6.50. The molecule has 21 heavy (non-hydrogen) atoms. The molecule has 2 rings (SSSR count). The number of aldehydes is 1. The van der Waals surface area contributed by atoms with Crippen LogP contribution >= 0.6 is 11.6 Å². The summed E-state index contributed by atoms with van der Waals surface area (Å²) in [6, 6.07) is 11.9. The van der Waals surface area contributed by atoms with E-state index in [0.29, 0.717) is 27.6 Å². The molecule has 0 aromatic heterocycles. The van der Waals surface area contributed by atoms with Gasteiger partial charge in [-0.3, -0.25) is 4.79 Å². The fourth-order valence-electron chi connectivity index (χ4n) is 1.77. The second-order valence-corrected chi connectivity index (χ2v) is 4.64. The molecule has 0 aliphatic carbocycles. The summed E-state index contributed by atoms with van der Waals surface area (Å²) in [5.41, 5.74) is 1.73. The Bertz CT molecular complexity index is 707. The SMILES string of the molecule is COc1ccc(C=O)cc1OCc1ccc(C#N)cc1Cl. The third-order valence-electron chi connectivity index (χ3n) is 2.89. The zero-order chi connectivity index (χ0) is 15.2. The number of carbonyl (C=O) groups excluding carboxylic acids is 1. The first-order valence-electron chi connectivity index (χ1n) is 6.12. The van der Waals surface area contributed by atoms with Gasteiger partial charge in [0.05, 0.1) is 18.7 Å². The molecule has 0 aliphatic rings. The zero-order valence-electron chi connectivity index (χ0n) is 11.3. The Morgan fingerprint density at radius 3 is 2.67 bits per heavy atom. The van der Waals surface area contributed by atoms with Crippen molar-refractivity contribution in [1.82, 2.24) is 0 Å². The molecule has 0 saturated heterocycles. The predicted octanol–water partition coefficient (Wildman–Crippen LogP) is 3.61. The summed E-state index contributed by atoms with van der Waals surface area (Å²) in [6.45, 7) is 0.212. The van der Waals surface area contributed by atoms with Crippen molar-refractivity contribution in [2.45, 2.75) is 6.61 Å². The number of halogens is 1. The van der Waals surface area contributed by atoms with Crippen LogP contribution in [0.2, 0.25) is 5.02 Å². The van der Waals surface area contributed by atoms with Crippen LogP contribution in [0, 0.1) is 11.3 Å². The van der Waals surface area contributed by atoms with Gasteiger partial charge in [-0.2, -0.15) is 5.26 Å². The number of nitriles is 1. The zero-order valence-corrected chi connectivity index (χ0v) is 12.1. The lowest BCUT2D eigenvalue weighted by Gasteiger charge is -2.12. The molecule has 0 amide bonds. The standard InChI is InChI=1S/C16H12ClNO3/c1-20-15-5-3-12(9-19)7-16(15)21-10-13-4-2-11(8-18)6-14(13)17/h2-7,9H,10H2,1H3. The van der Waals surface area contributed by atoms with E-state index in [1.165, 1.54) is 7.11 Å². The van der Waals surface area contributed by atoms with Gasteiger partial charge in [-0.15, -0.1) is 0 Å². The summed E-state index contributed by atoms with van der Waals surface area (Å²) in [5.74, 6) is 0.993. The van der Waals surface area contributed by atoms with Crippen LogP contribution in [-0.4, -0.2) is 13.4 Å². The lowest BCUT2D eigenvalue weighted by molar-refractivity contribution is 0.112. The lowest BCUT2D eigenvalue weighted by Crippen LogP contribution is -1.99. The van der Waals surface area contributed by atoms with E-state index >= 15 is 0 Å². The summed E-state index contributed by atoms with van der Waals surface area (Å²) in [7, 11) is 1.53. The minimum atomic E-state index is 0.212. The summed E-state index contributed by atoms with van der Waals surface area (Å²) < 4.78 is 10.8. The average molecular weight is 302 g/mol. The molecule has 0 heterocycles. The van der Waals surface area contributed by atoms with E-state index in [9.17, 15) is 4.79 Å². The normalized spacial score (nSPS) is 9.76. The summed E-state index contributed by atoms with van der Waals surface area (Å²) in [4.78, 5) is 10.8. The van der Waals surface area contributed by atoms with Gasteiger partial charge in [0, 0.05) is 16.1 Å². The van der Waals surface area contributed by atoms with Crippen LogP contribution < -0.4 is 9.47 Å². The van der Waals surface area contributed by atoms with Crippen molar-refractivity contribution in [1.29, 1.82) is 5.26 Å². The van der Waals surface area contributed by atoms with Crippen LogP contribution in [0.5, 0.6) is 11.5 Å². The Kier molecular flexibility index (Phi) is 4.81. The number of rotatable bonds is 5. The summed E-state index contributed by atoms with van der Waals surface area (Å²) in [5, 5.41) is 9.26. The van der Waals surface area contributed by atoms with Crippen molar-refractivity contribution < 1.29 is 14.3 Å². The van der Waals surface area contributed by atoms with Gasteiger partial charge in [0.1, 0.15) is 12.9 Å².